The first-order chi connectivity index (χ1) is 10.1. The Morgan fingerprint density at radius 2 is 2.05 bits per heavy atom. The van der Waals surface area contributed by atoms with Crippen molar-refractivity contribution in [2.24, 2.45) is 0 Å². The molecule has 2 N–H and O–H groups in total. The topological polar surface area (TPSA) is 41.1 Å². The number of aryl methyl sites for hydroxylation is 1. The van der Waals surface area contributed by atoms with Crippen molar-refractivity contribution in [3.05, 3.63) is 59.4 Å². The molecule has 0 saturated heterocycles. The summed E-state index contributed by atoms with van der Waals surface area (Å²) >= 11 is 0. The summed E-state index contributed by atoms with van der Waals surface area (Å²) < 4.78 is 13.3. The summed E-state index contributed by atoms with van der Waals surface area (Å²) in [4.78, 5) is 11.3. The highest BCUT2D eigenvalue weighted by atomic mass is 19.1. The van der Waals surface area contributed by atoms with Gasteiger partial charge in [0.05, 0.1) is 0 Å². The molecule has 1 amide bonds. The van der Waals surface area contributed by atoms with Gasteiger partial charge in [-0.25, -0.2) is 4.39 Å². The molecule has 108 valence electrons. The van der Waals surface area contributed by atoms with E-state index in [4.69, 9.17) is 0 Å². The van der Waals surface area contributed by atoms with Gasteiger partial charge in [-0.15, -0.1) is 0 Å². The Labute approximate surface area is 123 Å². The maximum absolute atomic E-state index is 13.3. The first-order valence-corrected chi connectivity index (χ1v) is 7.06. The van der Waals surface area contributed by atoms with Crippen molar-refractivity contribution in [3.63, 3.8) is 0 Å². The molecule has 1 unspecified atom stereocenters. The van der Waals surface area contributed by atoms with Gasteiger partial charge in [0.15, 0.2) is 0 Å². The van der Waals surface area contributed by atoms with Crippen molar-refractivity contribution in [2.75, 3.05) is 10.6 Å². The molecule has 0 fully saturated rings. The third-order valence-corrected chi connectivity index (χ3v) is 3.73. The largest absolute Gasteiger partial charge is 0.379 e. The number of amides is 1. The fourth-order valence-corrected chi connectivity index (χ4v) is 2.58. The van der Waals surface area contributed by atoms with Crippen LogP contribution in [0.3, 0.4) is 0 Å². The Hall–Kier alpha value is -2.36. The number of rotatable bonds is 3. The van der Waals surface area contributed by atoms with E-state index in [0.29, 0.717) is 6.42 Å². The second-order valence-electron chi connectivity index (χ2n) is 5.34. The molecule has 0 saturated carbocycles. The number of hydrogen-bond donors (Lipinski definition) is 2. The quantitative estimate of drug-likeness (QED) is 0.898. The van der Waals surface area contributed by atoms with E-state index in [0.717, 1.165) is 28.9 Å². The number of carbonyl (C=O) groups excluding carboxylic acids is 1. The van der Waals surface area contributed by atoms with E-state index in [9.17, 15) is 9.18 Å². The molecule has 21 heavy (non-hydrogen) atoms. The summed E-state index contributed by atoms with van der Waals surface area (Å²) in [5.74, 6) is -0.161. The summed E-state index contributed by atoms with van der Waals surface area (Å²) in [6.07, 6.45) is 1.28. The van der Waals surface area contributed by atoms with Crippen LogP contribution in [-0.2, 0) is 11.2 Å². The van der Waals surface area contributed by atoms with Crippen LogP contribution in [0.1, 0.15) is 30.5 Å². The number of halogens is 1. The Bertz CT molecular complexity index is 684. The Morgan fingerprint density at radius 3 is 2.86 bits per heavy atom. The van der Waals surface area contributed by atoms with Gasteiger partial charge in [0, 0.05) is 23.8 Å². The zero-order valence-electron chi connectivity index (χ0n) is 11.8. The zero-order chi connectivity index (χ0) is 14.8. The van der Waals surface area contributed by atoms with Crippen LogP contribution in [0.5, 0.6) is 0 Å². The standard InChI is InChI=1S/C17H17FN2O/c1-11(12-3-2-4-14(18)9-12)19-15-6-7-16-13(10-15)5-8-17(21)20-16/h2-4,6-7,9-11,19H,5,8H2,1H3,(H,20,21). The second kappa shape index (κ2) is 5.56. The van der Waals surface area contributed by atoms with E-state index in [1.54, 1.807) is 6.07 Å². The molecule has 1 atom stereocenters. The van der Waals surface area contributed by atoms with Crippen LogP contribution in [0.2, 0.25) is 0 Å². The molecule has 1 aliphatic rings. The lowest BCUT2D eigenvalue weighted by atomic mass is 10.0. The van der Waals surface area contributed by atoms with Crippen molar-refractivity contribution >= 4 is 17.3 Å². The van der Waals surface area contributed by atoms with Crippen LogP contribution in [0, 0.1) is 5.82 Å². The minimum absolute atomic E-state index is 0.0110. The van der Waals surface area contributed by atoms with E-state index >= 15 is 0 Å². The molecular weight excluding hydrogens is 267 g/mol. The average Bonchev–Trinajstić information content (AvgIpc) is 2.47. The van der Waals surface area contributed by atoms with Crippen molar-refractivity contribution in [2.45, 2.75) is 25.8 Å². The summed E-state index contributed by atoms with van der Waals surface area (Å²) in [5.41, 5.74) is 3.89. The van der Waals surface area contributed by atoms with Crippen molar-refractivity contribution in [1.29, 1.82) is 0 Å². The molecule has 3 nitrogen and oxygen atoms in total. The summed E-state index contributed by atoms with van der Waals surface area (Å²) in [6, 6.07) is 12.5. The number of anilines is 2. The third kappa shape index (κ3) is 3.05. The predicted octanol–water partition coefficient (Wildman–Crippen LogP) is 3.88. The minimum Gasteiger partial charge on any atom is -0.379 e. The lowest BCUT2D eigenvalue weighted by Crippen LogP contribution is -2.19. The average molecular weight is 284 g/mol. The normalized spacial score (nSPS) is 15.0. The Balaban J connectivity index is 1.77. The van der Waals surface area contributed by atoms with Crippen LogP contribution in [0.25, 0.3) is 0 Å². The molecule has 2 aromatic carbocycles. The first kappa shape index (κ1) is 13.6. The SMILES string of the molecule is CC(Nc1ccc2c(c1)CCC(=O)N2)c1cccc(F)c1. The lowest BCUT2D eigenvalue weighted by Gasteiger charge is -2.20. The highest BCUT2D eigenvalue weighted by molar-refractivity contribution is 5.94. The predicted molar refractivity (Wildman–Crippen MR) is 81.8 cm³/mol. The molecule has 1 heterocycles. The molecule has 1 aliphatic heterocycles. The van der Waals surface area contributed by atoms with Gasteiger partial charge in [-0.3, -0.25) is 4.79 Å². The number of fused-ring (bicyclic) bond motifs is 1. The Morgan fingerprint density at radius 1 is 1.19 bits per heavy atom. The molecule has 0 aliphatic carbocycles. The molecule has 0 radical (unpaired) electrons. The summed E-state index contributed by atoms with van der Waals surface area (Å²) in [6.45, 7) is 2.00. The number of carbonyl (C=O) groups is 1. The monoisotopic (exact) mass is 284 g/mol. The van der Waals surface area contributed by atoms with Gasteiger partial charge in [0.2, 0.25) is 5.91 Å². The summed E-state index contributed by atoms with van der Waals surface area (Å²) in [7, 11) is 0. The van der Waals surface area contributed by atoms with E-state index in [1.807, 2.05) is 31.2 Å². The smallest absolute Gasteiger partial charge is 0.224 e. The van der Waals surface area contributed by atoms with E-state index < -0.39 is 0 Å². The highest BCUT2D eigenvalue weighted by Crippen LogP contribution is 2.27. The summed E-state index contributed by atoms with van der Waals surface area (Å²) in [5, 5.41) is 6.23. The van der Waals surface area contributed by atoms with Crippen molar-refractivity contribution in [3.8, 4) is 0 Å². The van der Waals surface area contributed by atoms with Gasteiger partial charge in [0.25, 0.3) is 0 Å². The number of benzene rings is 2. The Kier molecular flexibility index (Phi) is 3.60. The maximum Gasteiger partial charge on any atom is 0.224 e. The first-order valence-electron chi connectivity index (χ1n) is 7.06. The van der Waals surface area contributed by atoms with Gasteiger partial charge in [0.1, 0.15) is 5.82 Å². The van der Waals surface area contributed by atoms with Gasteiger partial charge >= 0.3 is 0 Å². The zero-order valence-corrected chi connectivity index (χ0v) is 11.8. The van der Waals surface area contributed by atoms with E-state index in [-0.39, 0.29) is 17.8 Å². The van der Waals surface area contributed by atoms with E-state index in [1.165, 1.54) is 12.1 Å². The molecular formula is C17H17FN2O. The fourth-order valence-electron chi connectivity index (χ4n) is 2.58. The molecule has 2 aromatic rings. The van der Waals surface area contributed by atoms with Crippen LogP contribution >= 0.6 is 0 Å². The maximum atomic E-state index is 13.3. The van der Waals surface area contributed by atoms with Gasteiger partial charge in [-0.1, -0.05) is 12.1 Å². The molecule has 0 bridgehead atoms. The number of hydrogen-bond acceptors (Lipinski definition) is 2. The fraction of sp³-hybridized carbons (Fsp3) is 0.235. The van der Waals surface area contributed by atoms with Crippen LogP contribution in [0.4, 0.5) is 15.8 Å². The van der Waals surface area contributed by atoms with Crippen LogP contribution < -0.4 is 10.6 Å². The second-order valence-corrected chi connectivity index (χ2v) is 5.34. The van der Waals surface area contributed by atoms with Crippen LogP contribution in [0.15, 0.2) is 42.5 Å². The van der Waals surface area contributed by atoms with Crippen LogP contribution in [-0.4, -0.2) is 5.91 Å². The molecule has 0 spiro atoms. The van der Waals surface area contributed by atoms with Crippen molar-refractivity contribution in [1.82, 2.24) is 0 Å². The van der Waals surface area contributed by atoms with E-state index in [2.05, 4.69) is 10.6 Å². The molecule has 3 rings (SSSR count). The van der Waals surface area contributed by atoms with Crippen molar-refractivity contribution < 1.29 is 9.18 Å². The van der Waals surface area contributed by atoms with Gasteiger partial charge < -0.3 is 10.6 Å². The third-order valence-electron chi connectivity index (χ3n) is 3.73. The van der Waals surface area contributed by atoms with Gasteiger partial charge in [-0.2, -0.15) is 0 Å². The molecule has 0 aromatic heterocycles. The lowest BCUT2D eigenvalue weighted by molar-refractivity contribution is -0.116. The molecule has 4 heteroatoms. The van der Waals surface area contributed by atoms with Gasteiger partial charge in [-0.05, 0) is 54.8 Å². The highest BCUT2D eigenvalue weighted by Gasteiger charge is 2.15. The minimum atomic E-state index is -0.227. The number of nitrogens with one attached hydrogen (secondary N) is 2.